The van der Waals surface area contributed by atoms with Crippen LogP contribution in [0.4, 0.5) is 0 Å². The molecule has 2 amide bonds. The van der Waals surface area contributed by atoms with Gasteiger partial charge in [0.1, 0.15) is 6.04 Å². The molecular formula is C13H22N2O5. The number of methoxy groups -OCH3 is 1. The number of likely N-dealkylation sites (tertiary alicyclic amines) is 1. The first-order valence-corrected chi connectivity index (χ1v) is 6.83. The Balaban J connectivity index is 2.47. The van der Waals surface area contributed by atoms with Crippen molar-refractivity contribution in [1.82, 2.24) is 10.2 Å². The zero-order valence-corrected chi connectivity index (χ0v) is 11.8. The molecule has 7 heteroatoms. The van der Waals surface area contributed by atoms with Gasteiger partial charge in [0.25, 0.3) is 0 Å². The largest absolute Gasteiger partial charge is 0.480 e. The van der Waals surface area contributed by atoms with E-state index in [4.69, 9.17) is 9.84 Å². The van der Waals surface area contributed by atoms with Crippen molar-refractivity contribution < 1.29 is 24.2 Å². The molecule has 0 aromatic rings. The quantitative estimate of drug-likeness (QED) is 0.686. The Labute approximate surface area is 118 Å². The number of amides is 2. The molecule has 1 unspecified atom stereocenters. The molecule has 0 radical (unpaired) electrons. The highest BCUT2D eigenvalue weighted by atomic mass is 16.5. The van der Waals surface area contributed by atoms with Gasteiger partial charge in [-0.3, -0.25) is 9.59 Å². The van der Waals surface area contributed by atoms with Crippen molar-refractivity contribution in [2.75, 3.05) is 26.8 Å². The highest BCUT2D eigenvalue weighted by Crippen LogP contribution is 2.10. The lowest BCUT2D eigenvalue weighted by Gasteiger charge is -2.21. The van der Waals surface area contributed by atoms with E-state index >= 15 is 0 Å². The maximum absolute atomic E-state index is 11.8. The van der Waals surface area contributed by atoms with Gasteiger partial charge in [0.2, 0.25) is 11.8 Å². The molecule has 1 atom stereocenters. The van der Waals surface area contributed by atoms with Crippen LogP contribution >= 0.6 is 0 Å². The Morgan fingerprint density at radius 1 is 1.40 bits per heavy atom. The van der Waals surface area contributed by atoms with Crippen molar-refractivity contribution >= 4 is 17.8 Å². The lowest BCUT2D eigenvalue weighted by Crippen LogP contribution is -2.47. The maximum Gasteiger partial charge on any atom is 0.326 e. The molecule has 0 aromatic carbocycles. The Kier molecular flexibility index (Phi) is 7.00. The highest BCUT2D eigenvalue weighted by Gasteiger charge is 2.23. The Hall–Kier alpha value is -1.63. The number of carbonyl (C=O) groups excluding carboxylic acids is 2. The number of hydrogen-bond donors (Lipinski definition) is 2. The van der Waals surface area contributed by atoms with Gasteiger partial charge in [-0.25, -0.2) is 4.79 Å². The summed E-state index contributed by atoms with van der Waals surface area (Å²) in [5.41, 5.74) is 0. The summed E-state index contributed by atoms with van der Waals surface area (Å²) in [4.78, 5) is 36.1. The summed E-state index contributed by atoms with van der Waals surface area (Å²) in [5, 5.41) is 11.4. The molecule has 0 saturated carbocycles. The van der Waals surface area contributed by atoms with E-state index < -0.39 is 17.9 Å². The zero-order valence-electron chi connectivity index (χ0n) is 11.8. The van der Waals surface area contributed by atoms with E-state index in [2.05, 4.69) is 5.32 Å². The molecular weight excluding hydrogens is 264 g/mol. The van der Waals surface area contributed by atoms with Gasteiger partial charge >= 0.3 is 5.97 Å². The Bertz CT molecular complexity index is 359. The average molecular weight is 286 g/mol. The third kappa shape index (κ3) is 5.56. The smallest absolute Gasteiger partial charge is 0.326 e. The summed E-state index contributed by atoms with van der Waals surface area (Å²) < 4.78 is 4.81. The number of nitrogens with one attached hydrogen (secondary N) is 1. The summed E-state index contributed by atoms with van der Waals surface area (Å²) in [7, 11) is 1.47. The van der Waals surface area contributed by atoms with Gasteiger partial charge in [0.05, 0.1) is 6.54 Å². The summed E-state index contributed by atoms with van der Waals surface area (Å²) in [6.45, 7) is 0.734. The first-order chi connectivity index (χ1) is 9.54. The standard InChI is InChI=1S/C13H22N2O5/c1-20-8-6-10(13(18)19)14-11(16)9-15-7-4-2-3-5-12(15)17/h10H,2-9H2,1H3,(H,14,16)(H,18,19). The molecule has 1 aliphatic heterocycles. The predicted molar refractivity (Wildman–Crippen MR) is 71.1 cm³/mol. The molecule has 114 valence electrons. The third-order valence-electron chi connectivity index (χ3n) is 3.25. The van der Waals surface area contributed by atoms with E-state index in [0.717, 1.165) is 19.3 Å². The second kappa shape index (κ2) is 8.52. The minimum atomic E-state index is -1.10. The molecule has 0 bridgehead atoms. The highest BCUT2D eigenvalue weighted by molar-refractivity contribution is 5.88. The fourth-order valence-electron chi connectivity index (χ4n) is 2.11. The summed E-state index contributed by atoms with van der Waals surface area (Å²) in [6, 6.07) is -0.982. The monoisotopic (exact) mass is 286 g/mol. The number of carbonyl (C=O) groups is 3. The minimum Gasteiger partial charge on any atom is -0.480 e. The summed E-state index contributed by atoms with van der Waals surface area (Å²) in [6.07, 6.45) is 3.37. The topological polar surface area (TPSA) is 95.9 Å². The minimum absolute atomic E-state index is 0.0404. The molecule has 0 spiro atoms. The van der Waals surface area contributed by atoms with Crippen LogP contribution < -0.4 is 5.32 Å². The Morgan fingerprint density at radius 3 is 2.80 bits per heavy atom. The fraction of sp³-hybridized carbons (Fsp3) is 0.769. The van der Waals surface area contributed by atoms with Gasteiger partial charge in [-0.1, -0.05) is 6.42 Å². The average Bonchev–Trinajstić information content (AvgIpc) is 2.59. The molecule has 7 nitrogen and oxygen atoms in total. The van der Waals surface area contributed by atoms with Crippen LogP contribution in [0.2, 0.25) is 0 Å². The molecule has 1 rings (SSSR count). The second-order valence-corrected chi connectivity index (χ2v) is 4.87. The number of nitrogens with zero attached hydrogens (tertiary/aromatic N) is 1. The molecule has 2 N–H and O–H groups in total. The van der Waals surface area contributed by atoms with Crippen LogP contribution in [0.1, 0.15) is 32.1 Å². The summed E-state index contributed by atoms with van der Waals surface area (Å²) in [5.74, 6) is -1.58. The normalized spacial score (nSPS) is 17.4. The first-order valence-electron chi connectivity index (χ1n) is 6.83. The number of ether oxygens (including phenoxy) is 1. The van der Waals surface area contributed by atoms with Crippen molar-refractivity contribution in [2.24, 2.45) is 0 Å². The Morgan fingerprint density at radius 2 is 2.15 bits per heavy atom. The van der Waals surface area contributed by atoms with E-state index in [1.165, 1.54) is 12.0 Å². The van der Waals surface area contributed by atoms with Crippen LogP contribution in [0.3, 0.4) is 0 Å². The molecule has 0 aliphatic carbocycles. The number of carboxylic acids is 1. The first kappa shape index (κ1) is 16.4. The molecule has 1 aliphatic rings. The van der Waals surface area contributed by atoms with Crippen LogP contribution in [0, 0.1) is 0 Å². The van der Waals surface area contributed by atoms with Crippen LogP contribution in [0.25, 0.3) is 0 Å². The molecule has 0 aromatic heterocycles. The van der Waals surface area contributed by atoms with Gasteiger partial charge in [0, 0.05) is 33.1 Å². The van der Waals surface area contributed by atoms with Gasteiger partial charge in [-0.05, 0) is 12.8 Å². The molecule has 1 fully saturated rings. The lowest BCUT2D eigenvalue weighted by molar-refractivity contribution is -0.143. The maximum atomic E-state index is 11.8. The van der Waals surface area contributed by atoms with Crippen LogP contribution in [-0.4, -0.2) is 60.6 Å². The van der Waals surface area contributed by atoms with Crippen molar-refractivity contribution in [3.63, 3.8) is 0 Å². The predicted octanol–water partition coefficient (Wildman–Crippen LogP) is -0.00510. The molecule has 1 heterocycles. The van der Waals surface area contributed by atoms with E-state index in [-0.39, 0.29) is 25.5 Å². The second-order valence-electron chi connectivity index (χ2n) is 4.87. The van der Waals surface area contributed by atoms with E-state index in [1.807, 2.05) is 0 Å². The van der Waals surface area contributed by atoms with Crippen LogP contribution in [0.5, 0.6) is 0 Å². The third-order valence-corrected chi connectivity index (χ3v) is 3.25. The van der Waals surface area contributed by atoms with Gasteiger partial charge < -0.3 is 20.1 Å². The fourth-order valence-corrected chi connectivity index (χ4v) is 2.11. The van der Waals surface area contributed by atoms with E-state index in [9.17, 15) is 14.4 Å². The number of aliphatic carboxylic acids is 1. The van der Waals surface area contributed by atoms with Gasteiger partial charge in [-0.2, -0.15) is 0 Å². The molecule has 1 saturated heterocycles. The van der Waals surface area contributed by atoms with Crippen LogP contribution in [-0.2, 0) is 19.1 Å². The van der Waals surface area contributed by atoms with E-state index in [1.54, 1.807) is 0 Å². The van der Waals surface area contributed by atoms with Crippen molar-refractivity contribution in [2.45, 2.75) is 38.1 Å². The number of hydrogen-bond acceptors (Lipinski definition) is 4. The van der Waals surface area contributed by atoms with E-state index in [0.29, 0.717) is 13.0 Å². The van der Waals surface area contributed by atoms with Crippen LogP contribution in [0.15, 0.2) is 0 Å². The van der Waals surface area contributed by atoms with Crippen molar-refractivity contribution in [3.8, 4) is 0 Å². The lowest BCUT2D eigenvalue weighted by atomic mass is 10.2. The van der Waals surface area contributed by atoms with Gasteiger partial charge in [-0.15, -0.1) is 0 Å². The SMILES string of the molecule is COCCC(NC(=O)CN1CCCCCC1=O)C(=O)O. The number of rotatable bonds is 7. The van der Waals surface area contributed by atoms with Crippen molar-refractivity contribution in [3.05, 3.63) is 0 Å². The summed E-state index contributed by atoms with van der Waals surface area (Å²) >= 11 is 0. The zero-order chi connectivity index (χ0) is 15.0. The van der Waals surface area contributed by atoms with Gasteiger partial charge in [0.15, 0.2) is 0 Å². The number of carboxylic acid groups (broad SMARTS) is 1. The molecule has 20 heavy (non-hydrogen) atoms. The van der Waals surface area contributed by atoms with Crippen molar-refractivity contribution in [1.29, 1.82) is 0 Å².